The maximum atomic E-state index is 13.2. The van der Waals surface area contributed by atoms with Gasteiger partial charge in [0.1, 0.15) is 10.8 Å². The molecular weight excluding hydrogens is 271 g/mol. The van der Waals surface area contributed by atoms with Gasteiger partial charge in [-0.1, -0.05) is 19.1 Å². The highest BCUT2D eigenvalue weighted by molar-refractivity contribution is 7.11. The minimum absolute atomic E-state index is 0.131. The van der Waals surface area contributed by atoms with Crippen molar-refractivity contribution in [1.29, 1.82) is 0 Å². The molecule has 0 aliphatic heterocycles. The molecule has 1 aromatic carbocycles. The lowest BCUT2D eigenvalue weighted by molar-refractivity contribution is 0.289. The van der Waals surface area contributed by atoms with Gasteiger partial charge < -0.3 is 5.32 Å². The number of nitrogens with zero attached hydrogens (tertiary/aromatic N) is 1. The highest BCUT2D eigenvalue weighted by Gasteiger charge is 2.30. The summed E-state index contributed by atoms with van der Waals surface area (Å²) in [5.74, 6) is 0.375. The lowest BCUT2D eigenvalue weighted by Crippen LogP contribution is -2.39. The Balaban J connectivity index is 1.46. The largest absolute Gasteiger partial charge is 0.308 e. The van der Waals surface area contributed by atoms with Crippen molar-refractivity contribution >= 4 is 11.3 Å². The van der Waals surface area contributed by atoms with E-state index in [1.165, 1.54) is 10.9 Å². The Morgan fingerprint density at radius 2 is 2.25 bits per heavy atom. The van der Waals surface area contributed by atoms with Crippen molar-refractivity contribution in [2.75, 3.05) is 0 Å². The Hall–Kier alpha value is -1.26. The van der Waals surface area contributed by atoms with E-state index in [1.54, 1.807) is 23.5 Å². The van der Waals surface area contributed by atoms with Gasteiger partial charge in [0.05, 0.1) is 0 Å². The van der Waals surface area contributed by atoms with Crippen LogP contribution in [0.25, 0.3) is 0 Å². The van der Waals surface area contributed by atoms with Gasteiger partial charge in [0.2, 0.25) is 0 Å². The third kappa shape index (κ3) is 3.07. The summed E-state index contributed by atoms with van der Waals surface area (Å²) in [6, 6.07) is 7.53. The van der Waals surface area contributed by atoms with E-state index < -0.39 is 0 Å². The van der Waals surface area contributed by atoms with Crippen LogP contribution in [0.15, 0.2) is 30.5 Å². The van der Waals surface area contributed by atoms with Gasteiger partial charge in [-0.2, -0.15) is 0 Å². The molecule has 2 aromatic rings. The van der Waals surface area contributed by atoms with E-state index in [-0.39, 0.29) is 5.82 Å². The summed E-state index contributed by atoms with van der Waals surface area (Å²) in [6.07, 6.45) is 5.21. The van der Waals surface area contributed by atoms with E-state index in [4.69, 9.17) is 0 Å². The molecule has 106 valence electrons. The molecule has 0 unspecified atom stereocenters. The molecule has 20 heavy (non-hydrogen) atoms. The molecule has 4 heteroatoms. The number of hydrogen-bond donors (Lipinski definition) is 1. The number of aryl methyl sites for hydroxylation is 1. The normalized spacial score (nSPS) is 21.7. The first-order valence-electron chi connectivity index (χ1n) is 7.17. The van der Waals surface area contributed by atoms with Gasteiger partial charge in [-0.15, -0.1) is 11.3 Å². The van der Waals surface area contributed by atoms with Crippen LogP contribution in [0.1, 0.15) is 41.1 Å². The molecule has 0 amide bonds. The maximum Gasteiger partial charge on any atom is 0.123 e. The minimum atomic E-state index is -0.131. The molecular formula is C16H19FN2S. The molecule has 0 radical (unpaired) electrons. The van der Waals surface area contributed by atoms with Crippen LogP contribution in [0.5, 0.6) is 0 Å². The van der Waals surface area contributed by atoms with Crippen LogP contribution in [0.3, 0.4) is 0 Å². The molecule has 1 aromatic heterocycles. The maximum absolute atomic E-state index is 13.2. The van der Waals surface area contributed by atoms with Crippen LogP contribution >= 0.6 is 11.3 Å². The van der Waals surface area contributed by atoms with Crippen LogP contribution < -0.4 is 5.32 Å². The fourth-order valence-electron chi connectivity index (χ4n) is 2.64. The molecule has 3 rings (SSSR count). The lowest BCUT2D eigenvalue weighted by Gasteiger charge is -2.36. The van der Waals surface area contributed by atoms with Crippen LogP contribution in [-0.4, -0.2) is 11.0 Å². The summed E-state index contributed by atoms with van der Waals surface area (Å²) in [6.45, 7) is 3.01. The van der Waals surface area contributed by atoms with Crippen LogP contribution in [0.4, 0.5) is 4.39 Å². The number of rotatable bonds is 5. The Labute approximate surface area is 123 Å². The highest BCUT2D eigenvalue weighted by atomic mass is 32.1. The van der Waals surface area contributed by atoms with Crippen molar-refractivity contribution in [3.63, 3.8) is 0 Å². The van der Waals surface area contributed by atoms with Gasteiger partial charge in [0.15, 0.2) is 0 Å². The molecule has 0 bridgehead atoms. The molecule has 1 fully saturated rings. The van der Waals surface area contributed by atoms with Crippen molar-refractivity contribution in [2.45, 2.75) is 44.7 Å². The summed E-state index contributed by atoms with van der Waals surface area (Å²) in [5, 5.41) is 4.70. The first-order chi connectivity index (χ1) is 9.74. The quantitative estimate of drug-likeness (QED) is 0.904. The van der Waals surface area contributed by atoms with E-state index >= 15 is 0 Å². The smallest absolute Gasteiger partial charge is 0.123 e. The van der Waals surface area contributed by atoms with Crippen molar-refractivity contribution in [2.24, 2.45) is 0 Å². The predicted molar refractivity (Wildman–Crippen MR) is 80.5 cm³/mol. The second-order valence-electron chi connectivity index (χ2n) is 5.38. The van der Waals surface area contributed by atoms with Crippen molar-refractivity contribution in [1.82, 2.24) is 10.3 Å². The molecule has 0 atom stereocenters. The van der Waals surface area contributed by atoms with Gasteiger partial charge in [-0.25, -0.2) is 9.37 Å². The number of nitrogens with one attached hydrogen (secondary N) is 1. The number of hydrogen-bond acceptors (Lipinski definition) is 3. The molecule has 1 saturated carbocycles. The predicted octanol–water partition coefficient (Wildman–Crippen LogP) is 3.88. The van der Waals surface area contributed by atoms with E-state index in [0.717, 1.165) is 36.4 Å². The van der Waals surface area contributed by atoms with Gasteiger partial charge in [-0.3, -0.25) is 0 Å². The summed E-state index contributed by atoms with van der Waals surface area (Å²) in [5.41, 5.74) is 1.13. The molecule has 1 aliphatic rings. The average molecular weight is 290 g/mol. The molecule has 1 heterocycles. The Bertz CT molecular complexity index is 575. The van der Waals surface area contributed by atoms with E-state index in [0.29, 0.717) is 12.0 Å². The lowest BCUT2D eigenvalue weighted by atomic mass is 9.76. The zero-order valence-electron chi connectivity index (χ0n) is 11.6. The summed E-state index contributed by atoms with van der Waals surface area (Å²) in [4.78, 5) is 5.75. The zero-order chi connectivity index (χ0) is 13.9. The van der Waals surface area contributed by atoms with Crippen LogP contribution in [0.2, 0.25) is 0 Å². The highest BCUT2D eigenvalue weighted by Crippen LogP contribution is 2.37. The summed E-state index contributed by atoms with van der Waals surface area (Å²) >= 11 is 1.79. The molecule has 1 aliphatic carbocycles. The number of halogens is 1. The first-order valence-corrected chi connectivity index (χ1v) is 7.98. The number of benzene rings is 1. The fourth-order valence-corrected chi connectivity index (χ4v) is 3.46. The SMILES string of the molecule is CCc1cnc(CNC2CC(c3cccc(F)c3)C2)s1. The molecule has 0 spiro atoms. The third-order valence-corrected chi connectivity index (χ3v) is 5.09. The third-order valence-electron chi connectivity index (χ3n) is 3.95. The molecule has 0 saturated heterocycles. The van der Waals surface area contributed by atoms with Crippen LogP contribution in [0, 0.1) is 5.82 Å². The topological polar surface area (TPSA) is 24.9 Å². The fraction of sp³-hybridized carbons (Fsp3) is 0.438. The zero-order valence-corrected chi connectivity index (χ0v) is 12.4. The van der Waals surface area contributed by atoms with Gasteiger partial charge in [0, 0.05) is 23.7 Å². The summed E-state index contributed by atoms with van der Waals surface area (Å²) in [7, 11) is 0. The Morgan fingerprint density at radius 3 is 2.95 bits per heavy atom. The van der Waals surface area contributed by atoms with Crippen LogP contribution in [-0.2, 0) is 13.0 Å². The van der Waals surface area contributed by atoms with Crippen molar-refractivity contribution in [3.05, 3.63) is 51.7 Å². The minimum Gasteiger partial charge on any atom is -0.308 e. The van der Waals surface area contributed by atoms with E-state index in [2.05, 4.69) is 17.2 Å². The second kappa shape index (κ2) is 6.02. The molecule has 1 N–H and O–H groups in total. The van der Waals surface area contributed by atoms with Crippen molar-refractivity contribution in [3.8, 4) is 0 Å². The van der Waals surface area contributed by atoms with Gasteiger partial charge in [-0.05, 0) is 42.9 Å². The van der Waals surface area contributed by atoms with Crippen molar-refractivity contribution < 1.29 is 4.39 Å². The van der Waals surface area contributed by atoms with Gasteiger partial charge >= 0.3 is 0 Å². The van der Waals surface area contributed by atoms with E-state index in [9.17, 15) is 4.39 Å². The monoisotopic (exact) mass is 290 g/mol. The van der Waals surface area contributed by atoms with E-state index in [1.807, 2.05) is 12.3 Å². The average Bonchev–Trinajstić information content (AvgIpc) is 2.85. The van der Waals surface area contributed by atoms with Gasteiger partial charge in [0.25, 0.3) is 0 Å². The Kier molecular flexibility index (Phi) is 4.13. The number of thiazole rings is 1. The Morgan fingerprint density at radius 1 is 1.40 bits per heavy atom. The summed E-state index contributed by atoms with van der Waals surface area (Å²) < 4.78 is 13.2. The second-order valence-corrected chi connectivity index (χ2v) is 6.57. The standard InChI is InChI=1S/C16H19FN2S/c1-2-15-9-19-16(20-15)10-18-14-7-12(8-14)11-4-3-5-13(17)6-11/h3-6,9,12,14,18H,2,7-8,10H2,1H3. The molecule has 2 nitrogen and oxygen atoms in total. The number of aromatic nitrogens is 1. The first kappa shape index (κ1) is 13.7.